The Hall–Kier alpha value is -1.06. The highest BCUT2D eigenvalue weighted by Gasteiger charge is 2.15. The standard InChI is InChI=1S/C16H32N4O3.HI/c1-7-8-10-17-15(19-12-13(21)20(5)6)18-11-9-14(22)23-16(2,3)4;/h7-12H2,1-6H3,(H2,17,18,19);1H. The molecule has 0 aromatic rings. The van der Waals surface area contributed by atoms with Crippen LogP contribution in [-0.2, 0) is 14.3 Å². The number of halogens is 1. The average Bonchev–Trinajstić information content (AvgIpc) is 2.41. The number of hydrogen-bond acceptors (Lipinski definition) is 4. The Morgan fingerprint density at radius 1 is 1.12 bits per heavy atom. The normalized spacial score (nSPS) is 11.3. The molecule has 0 aromatic carbocycles. The lowest BCUT2D eigenvalue weighted by Crippen LogP contribution is -2.40. The average molecular weight is 456 g/mol. The Labute approximate surface area is 163 Å². The third-order valence-electron chi connectivity index (χ3n) is 2.74. The largest absolute Gasteiger partial charge is 0.460 e. The number of likely N-dealkylation sites (N-methyl/N-ethyl adjacent to an activating group) is 1. The van der Waals surface area contributed by atoms with Gasteiger partial charge in [0.25, 0.3) is 0 Å². The van der Waals surface area contributed by atoms with Gasteiger partial charge in [-0.25, -0.2) is 4.99 Å². The first-order valence-electron chi connectivity index (χ1n) is 8.10. The van der Waals surface area contributed by atoms with Crippen LogP contribution in [0.5, 0.6) is 0 Å². The summed E-state index contributed by atoms with van der Waals surface area (Å²) in [6.07, 6.45) is 2.32. The summed E-state index contributed by atoms with van der Waals surface area (Å²) in [6, 6.07) is 0. The predicted octanol–water partition coefficient (Wildman–Crippen LogP) is 1.76. The van der Waals surface area contributed by atoms with Crippen molar-refractivity contribution in [2.45, 2.75) is 52.6 Å². The fraction of sp³-hybridized carbons (Fsp3) is 0.812. The van der Waals surface area contributed by atoms with Crippen molar-refractivity contribution in [3.63, 3.8) is 0 Å². The highest BCUT2D eigenvalue weighted by Crippen LogP contribution is 2.07. The zero-order chi connectivity index (χ0) is 17.9. The van der Waals surface area contributed by atoms with Gasteiger partial charge in [0.15, 0.2) is 5.96 Å². The van der Waals surface area contributed by atoms with Crippen LogP contribution in [0.2, 0.25) is 0 Å². The number of ether oxygens (including phenoxy) is 1. The van der Waals surface area contributed by atoms with Gasteiger partial charge in [-0.15, -0.1) is 24.0 Å². The molecule has 0 rings (SSSR count). The molecule has 2 N–H and O–H groups in total. The van der Waals surface area contributed by atoms with Crippen LogP contribution in [0.3, 0.4) is 0 Å². The SMILES string of the molecule is CCCCNC(=NCC(=O)N(C)C)NCCC(=O)OC(C)(C)C.I. The number of rotatable bonds is 8. The molecule has 0 saturated heterocycles. The first kappa shape index (κ1) is 25.2. The molecule has 0 atom stereocenters. The summed E-state index contributed by atoms with van der Waals surface area (Å²) >= 11 is 0. The van der Waals surface area contributed by atoms with Crippen LogP contribution in [0.4, 0.5) is 0 Å². The summed E-state index contributed by atoms with van der Waals surface area (Å²) in [5.41, 5.74) is -0.481. The summed E-state index contributed by atoms with van der Waals surface area (Å²) < 4.78 is 5.25. The summed E-state index contributed by atoms with van der Waals surface area (Å²) in [5, 5.41) is 6.21. The van der Waals surface area contributed by atoms with Crippen LogP contribution in [0.25, 0.3) is 0 Å². The molecular weight excluding hydrogens is 423 g/mol. The quantitative estimate of drug-likeness (QED) is 0.191. The number of nitrogens with one attached hydrogen (secondary N) is 2. The van der Waals surface area contributed by atoms with E-state index < -0.39 is 5.60 Å². The van der Waals surface area contributed by atoms with Crippen LogP contribution in [0.15, 0.2) is 4.99 Å². The number of carbonyl (C=O) groups is 2. The van der Waals surface area contributed by atoms with E-state index >= 15 is 0 Å². The van der Waals surface area contributed by atoms with Crippen molar-refractivity contribution in [2.24, 2.45) is 4.99 Å². The maximum absolute atomic E-state index is 11.7. The zero-order valence-corrected chi connectivity index (χ0v) is 18.1. The molecule has 0 saturated carbocycles. The van der Waals surface area contributed by atoms with Crippen molar-refractivity contribution in [3.05, 3.63) is 0 Å². The molecule has 0 heterocycles. The molecule has 0 bridgehead atoms. The molecule has 8 heteroatoms. The highest BCUT2D eigenvalue weighted by molar-refractivity contribution is 14.0. The minimum absolute atomic E-state index is 0. The van der Waals surface area contributed by atoms with Crippen molar-refractivity contribution < 1.29 is 14.3 Å². The second kappa shape index (κ2) is 13.3. The fourth-order valence-electron chi connectivity index (χ4n) is 1.52. The number of aliphatic imine (C=N–C) groups is 1. The molecule has 0 aliphatic carbocycles. The lowest BCUT2D eigenvalue weighted by atomic mass is 10.2. The summed E-state index contributed by atoms with van der Waals surface area (Å²) in [4.78, 5) is 29.0. The van der Waals surface area contributed by atoms with E-state index in [0.29, 0.717) is 12.5 Å². The van der Waals surface area contributed by atoms with Gasteiger partial charge >= 0.3 is 5.97 Å². The molecule has 0 spiro atoms. The molecule has 0 radical (unpaired) electrons. The van der Waals surface area contributed by atoms with Crippen molar-refractivity contribution in [1.82, 2.24) is 15.5 Å². The molecular formula is C16H33IN4O3. The molecule has 1 amide bonds. The van der Waals surface area contributed by atoms with Gasteiger partial charge in [0.1, 0.15) is 12.1 Å². The maximum Gasteiger partial charge on any atom is 0.308 e. The van der Waals surface area contributed by atoms with Crippen LogP contribution in [0, 0.1) is 0 Å². The summed E-state index contributed by atoms with van der Waals surface area (Å²) in [6.45, 7) is 8.86. The number of amides is 1. The first-order valence-corrected chi connectivity index (χ1v) is 8.10. The van der Waals surface area contributed by atoms with Gasteiger partial charge in [-0.05, 0) is 27.2 Å². The van der Waals surface area contributed by atoms with E-state index in [0.717, 1.165) is 19.4 Å². The number of hydrogen-bond donors (Lipinski definition) is 2. The van der Waals surface area contributed by atoms with E-state index in [2.05, 4.69) is 22.5 Å². The van der Waals surface area contributed by atoms with Crippen molar-refractivity contribution in [2.75, 3.05) is 33.7 Å². The third-order valence-corrected chi connectivity index (χ3v) is 2.74. The Bertz CT molecular complexity index is 407. The molecule has 7 nitrogen and oxygen atoms in total. The minimum atomic E-state index is -0.481. The van der Waals surface area contributed by atoms with Gasteiger partial charge in [-0.1, -0.05) is 13.3 Å². The summed E-state index contributed by atoms with van der Waals surface area (Å²) in [7, 11) is 3.38. The number of nitrogens with zero attached hydrogens (tertiary/aromatic N) is 2. The van der Waals surface area contributed by atoms with Gasteiger partial charge in [0.05, 0.1) is 6.42 Å². The van der Waals surface area contributed by atoms with Gasteiger partial charge in [-0.3, -0.25) is 9.59 Å². The summed E-state index contributed by atoms with van der Waals surface area (Å²) in [5.74, 6) is 0.202. The molecule has 0 unspecified atom stereocenters. The molecule has 142 valence electrons. The van der Waals surface area contributed by atoms with Gasteiger partial charge < -0.3 is 20.3 Å². The van der Waals surface area contributed by atoms with Gasteiger partial charge in [-0.2, -0.15) is 0 Å². The van der Waals surface area contributed by atoms with Gasteiger partial charge in [0.2, 0.25) is 5.91 Å². The van der Waals surface area contributed by atoms with E-state index in [1.807, 2.05) is 20.8 Å². The van der Waals surface area contributed by atoms with Gasteiger partial charge in [0, 0.05) is 27.2 Å². The maximum atomic E-state index is 11.7. The topological polar surface area (TPSA) is 83.0 Å². The third kappa shape index (κ3) is 14.5. The minimum Gasteiger partial charge on any atom is -0.460 e. The van der Waals surface area contributed by atoms with Crippen LogP contribution >= 0.6 is 24.0 Å². The van der Waals surface area contributed by atoms with E-state index in [1.165, 1.54) is 4.90 Å². The Morgan fingerprint density at radius 2 is 1.71 bits per heavy atom. The molecule has 0 aliphatic rings. The van der Waals surface area contributed by atoms with Crippen LogP contribution < -0.4 is 10.6 Å². The highest BCUT2D eigenvalue weighted by atomic mass is 127. The molecule has 0 aliphatic heterocycles. The number of unbranched alkanes of at least 4 members (excludes halogenated alkanes) is 1. The fourth-order valence-corrected chi connectivity index (χ4v) is 1.52. The Morgan fingerprint density at radius 3 is 2.21 bits per heavy atom. The molecule has 0 aromatic heterocycles. The Balaban J connectivity index is 0. The first-order chi connectivity index (χ1) is 10.7. The monoisotopic (exact) mass is 456 g/mol. The van der Waals surface area contributed by atoms with Crippen LogP contribution in [-0.4, -0.2) is 62.1 Å². The predicted molar refractivity (Wildman–Crippen MR) is 108 cm³/mol. The van der Waals surface area contributed by atoms with E-state index in [-0.39, 0.29) is 48.8 Å². The second-order valence-corrected chi connectivity index (χ2v) is 6.50. The van der Waals surface area contributed by atoms with E-state index in [1.54, 1.807) is 14.1 Å². The van der Waals surface area contributed by atoms with Crippen LogP contribution in [0.1, 0.15) is 47.0 Å². The van der Waals surface area contributed by atoms with Crippen molar-refractivity contribution >= 4 is 41.8 Å². The van der Waals surface area contributed by atoms with Crippen molar-refractivity contribution in [3.8, 4) is 0 Å². The lowest BCUT2D eigenvalue weighted by molar-refractivity contribution is -0.154. The van der Waals surface area contributed by atoms with E-state index in [4.69, 9.17) is 4.74 Å². The number of esters is 1. The zero-order valence-electron chi connectivity index (χ0n) is 15.8. The number of carbonyl (C=O) groups excluding carboxylic acids is 2. The smallest absolute Gasteiger partial charge is 0.308 e. The van der Waals surface area contributed by atoms with E-state index in [9.17, 15) is 9.59 Å². The molecule has 0 fully saturated rings. The molecule has 24 heavy (non-hydrogen) atoms. The van der Waals surface area contributed by atoms with Crippen molar-refractivity contribution in [1.29, 1.82) is 0 Å². The number of guanidine groups is 1. The second-order valence-electron chi connectivity index (χ2n) is 6.50. The lowest BCUT2D eigenvalue weighted by Gasteiger charge is -2.19. The Kier molecular flexibility index (Phi) is 13.9.